The lowest BCUT2D eigenvalue weighted by atomic mass is 10.2. The zero-order chi connectivity index (χ0) is 15.0. The predicted molar refractivity (Wildman–Crippen MR) is 78.2 cm³/mol. The minimum atomic E-state index is -0.653. The van der Waals surface area contributed by atoms with Crippen LogP contribution in [0, 0.1) is 0 Å². The van der Waals surface area contributed by atoms with Crippen molar-refractivity contribution >= 4 is 22.7 Å². The van der Waals surface area contributed by atoms with Crippen LogP contribution in [-0.4, -0.2) is 16.7 Å². The molecule has 0 bridgehead atoms. The summed E-state index contributed by atoms with van der Waals surface area (Å²) in [7, 11) is 1.56. The summed E-state index contributed by atoms with van der Waals surface area (Å²) in [5.74, 6) is -0.000456. The summed E-state index contributed by atoms with van der Waals surface area (Å²) in [6, 6.07) is 6.77. The van der Waals surface area contributed by atoms with Crippen molar-refractivity contribution in [2.75, 3.05) is 7.11 Å². The molecule has 0 saturated heterocycles. The third-order valence-corrected chi connectivity index (χ3v) is 3.52. The number of pyridine rings is 1. The Labute approximate surface area is 123 Å². The number of hydrogen-bond donors (Lipinski definition) is 1. The molecular weight excluding hydrogens is 296 g/mol. The Morgan fingerprint density at radius 1 is 1.33 bits per heavy atom. The van der Waals surface area contributed by atoms with Crippen LogP contribution in [0.5, 0.6) is 5.75 Å². The second kappa shape index (κ2) is 5.14. The summed E-state index contributed by atoms with van der Waals surface area (Å²) >= 11 is 6.13. The SMILES string of the molecule is COc1ccc(Cl)c(Cn2ccc3oc(=O)[nH]c3c2=O)c1. The molecule has 0 radical (unpaired) electrons. The number of hydrogen-bond acceptors (Lipinski definition) is 4. The standard InChI is InChI=1S/C14H11ClN2O4/c1-20-9-2-3-10(15)8(6-9)7-17-5-4-11-12(13(17)18)16-14(19)21-11/h2-6H,7H2,1H3,(H,16,19). The fourth-order valence-electron chi connectivity index (χ4n) is 2.09. The van der Waals surface area contributed by atoms with E-state index < -0.39 is 5.76 Å². The second-order valence-electron chi connectivity index (χ2n) is 4.46. The Kier molecular flexibility index (Phi) is 3.31. The maximum atomic E-state index is 12.3. The molecular formula is C14H11ClN2O4. The van der Waals surface area contributed by atoms with Crippen LogP contribution in [0.4, 0.5) is 0 Å². The molecule has 3 rings (SSSR count). The molecule has 108 valence electrons. The number of nitrogens with one attached hydrogen (secondary N) is 1. The zero-order valence-corrected chi connectivity index (χ0v) is 11.8. The van der Waals surface area contributed by atoms with Gasteiger partial charge in [-0.2, -0.15) is 0 Å². The van der Waals surface area contributed by atoms with Crippen LogP contribution in [0.3, 0.4) is 0 Å². The van der Waals surface area contributed by atoms with Gasteiger partial charge in [-0.15, -0.1) is 0 Å². The molecule has 0 amide bonds. The smallest absolute Gasteiger partial charge is 0.417 e. The van der Waals surface area contributed by atoms with Gasteiger partial charge in [0.05, 0.1) is 13.7 Å². The molecule has 0 aliphatic carbocycles. The monoisotopic (exact) mass is 306 g/mol. The molecule has 1 aromatic carbocycles. The van der Waals surface area contributed by atoms with Crippen molar-refractivity contribution in [1.82, 2.24) is 9.55 Å². The normalized spacial score (nSPS) is 11.0. The van der Waals surface area contributed by atoms with E-state index in [-0.39, 0.29) is 23.2 Å². The fourth-order valence-corrected chi connectivity index (χ4v) is 2.27. The van der Waals surface area contributed by atoms with E-state index in [2.05, 4.69) is 4.98 Å². The maximum Gasteiger partial charge on any atom is 0.417 e. The molecule has 0 aliphatic heterocycles. The first-order valence-electron chi connectivity index (χ1n) is 6.13. The van der Waals surface area contributed by atoms with Crippen LogP contribution in [-0.2, 0) is 6.54 Å². The molecule has 3 aromatic rings. The third-order valence-electron chi connectivity index (χ3n) is 3.15. The van der Waals surface area contributed by atoms with Gasteiger partial charge in [0.25, 0.3) is 5.56 Å². The number of oxazole rings is 1. The lowest BCUT2D eigenvalue weighted by Crippen LogP contribution is -2.20. The van der Waals surface area contributed by atoms with Crippen LogP contribution >= 0.6 is 11.6 Å². The van der Waals surface area contributed by atoms with Crippen molar-refractivity contribution in [3.8, 4) is 5.75 Å². The third kappa shape index (κ3) is 2.45. The molecule has 0 spiro atoms. The van der Waals surface area contributed by atoms with E-state index in [1.807, 2.05) is 0 Å². The molecule has 0 fully saturated rings. The van der Waals surface area contributed by atoms with Crippen molar-refractivity contribution in [3.63, 3.8) is 0 Å². The summed E-state index contributed by atoms with van der Waals surface area (Å²) in [5.41, 5.74) is 0.764. The Morgan fingerprint density at radius 3 is 2.90 bits per heavy atom. The van der Waals surface area contributed by atoms with Gasteiger partial charge in [0.2, 0.25) is 0 Å². The van der Waals surface area contributed by atoms with Gasteiger partial charge in [0.1, 0.15) is 5.75 Å². The average Bonchev–Trinajstić information content (AvgIpc) is 2.85. The highest BCUT2D eigenvalue weighted by Gasteiger charge is 2.10. The van der Waals surface area contributed by atoms with Crippen molar-refractivity contribution in [1.29, 1.82) is 0 Å². The number of methoxy groups -OCH3 is 1. The van der Waals surface area contributed by atoms with Crippen LogP contribution in [0.25, 0.3) is 11.1 Å². The van der Waals surface area contributed by atoms with Crippen molar-refractivity contribution in [2.45, 2.75) is 6.54 Å². The highest BCUT2D eigenvalue weighted by Crippen LogP contribution is 2.22. The number of halogens is 1. The summed E-state index contributed by atoms with van der Waals surface area (Å²) < 4.78 is 11.4. The van der Waals surface area contributed by atoms with Crippen LogP contribution in [0.15, 0.2) is 44.5 Å². The minimum absolute atomic E-state index is 0.140. The number of benzene rings is 1. The van der Waals surface area contributed by atoms with Gasteiger partial charge in [-0.1, -0.05) is 11.6 Å². The van der Waals surface area contributed by atoms with E-state index in [1.165, 1.54) is 4.57 Å². The van der Waals surface area contributed by atoms with Crippen LogP contribution in [0.2, 0.25) is 5.02 Å². The van der Waals surface area contributed by atoms with Crippen molar-refractivity contribution < 1.29 is 9.15 Å². The number of rotatable bonds is 3. The van der Waals surface area contributed by atoms with Gasteiger partial charge in [0.15, 0.2) is 11.1 Å². The summed E-state index contributed by atoms with van der Waals surface area (Å²) in [6.45, 7) is 0.262. The molecule has 1 N–H and O–H groups in total. The van der Waals surface area contributed by atoms with Crippen LogP contribution < -0.4 is 16.1 Å². The first-order valence-corrected chi connectivity index (χ1v) is 6.51. The molecule has 0 saturated carbocycles. The van der Waals surface area contributed by atoms with Gasteiger partial charge < -0.3 is 13.7 Å². The van der Waals surface area contributed by atoms with E-state index in [0.29, 0.717) is 10.8 Å². The van der Waals surface area contributed by atoms with Crippen molar-refractivity contribution in [3.05, 3.63) is 62.0 Å². The lowest BCUT2D eigenvalue weighted by Gasteiger charge is -2.09. The number of fused-ring (bicyclic) bond motifs is 1. The number of ether oxygens (including phenoxy) is 1. The molecule has 0 aliphatic rings. The van der Waals surface area contributed by atoms with E-state index in [9.17, 15) is 9.59 Å². The topological polar surface area (TPSA) is 77.2 Å². The highest BCUT2D eigenvalue weighted by atomic mass is 35.5. The Balaban J connectivity index is 2.08. The number of H-pyrrole nitrogens is 1. The Hall–Kier alpha value is -2.47. The van der Waals surface area contributed by atoms with Gasteiger partial charge >= 0.3 is 5.76 Å². The highest BCUT2D eigenvalue weighted by molar-refractivity contribution is 6.31. The fraction of sp³-hybridized carbons (Fsp3) is 0.143. The van der Waals surface area contributed by atoms with E-state index >= 15 is 0 Å². The van der Waals surface area contributed by atoms with Crippen molar-refractivity contribution in [2.24, 2.45) is 0 Å². The van der Waals surface area contributed by atoms with Gasteiger partial charge in [0, 0.05) is 11.2 Å². The molecule has 0 unspecified atom stereocenters. The van der Waals surface area contributed by atoms with Gasteiger partial charge in [-0.25, -0.2) is 4.79 Å². The predicted octanol–water partition coefficient (Wildman–Crippen LogP) is 1.99. The molecule has 2 aromatic heterocycles. The van der Waals surface area contributed by atoms with E-state index in [1.54, 1.807) is 37.6 Å². The van der Waals surface area contributed by atoms with E-state index in [0.717, 1.165) is 5.56 Å². The second-order valence-corrected chi connectivity index (χ2v) is 4.87. The minimum Gasteiger partial charge on any atom is -0.497 e. The molecule has 0 atom stereocenters. The molecule has 7 heteroatoms. The van der Waals surface area contributed by atoms with Crippen LogP contribution in [0.1, 0.15) is 5.56 Å². The number of aromatic nitrogens is 2. The Morgan fingerprint density at radius 2 is 2.14 bits per heavy atom. The number of nitrogens with zero attached hydrogens (tertiary/aromatic N) is 1. The molecule has 2 heterocycles. The first-order chi connectivity index (χ1) is 10.1. The quantitative estimate of drug-likeness (QED) is 0.803. The molecule has 21 heavy (non-hydrogen) atoms. The Bertz CT molecular complexity index is 923. The molecule has 6 nitrogen and oxygen atoms in total. The lowest BCUT2D eigenvalue weighted by molar-refractivity contribution is 0.414. The van der Waals surface area contributed by atoms with Gasteiger partial charge in [-0.3, -0.25) is 9.78 Å². The maximum absolute atomic E-state index is 12.3. The first kappa shape index (κ1) is 13.5. The zero-order valence-electron chi connectivity index (χ0n) is 11.1. The summed E-state index contributed by atoms with van der Waals surface area (Å²) in [6.07, 6.45) is 1.55. The van der Waals surface area contributed by atoms with Gasteiger partial charge in [-0.05, 0) is 29.8 Å². The van der Waals surface area contributed by atoms with E-state index in [4.69, 9.17) is 20.8 Å². The average molecular weight is 307 g/mol. The largest absolute Gasteiger partial charge is 0.497 e. The summed E-state index contributed by atoms with van der Waals surface area (Å²) in [4.78, 5) is 25.8. The number of aromatic amines is 1. The summed E-state index contributed by atoms with van der Waals surface area (Å²) in [5, 5.41) is 0.531.